The fourth-order valence-corrected chi connectivity index (χ4v) is 5.04. The summed E-state index contributed by atoms with van der Waals surface area (Å²) in [4.78, 5) is 0. The van der Waals surface area contributed by atoms with Crippen LogP contribution in [0.5, 0.6) is 0 Å². The van der Waals surface area contributed by atoms with Crippen molar-refractivity contribution < 1.29 is 0 Å². The molecule has 4 unspecified atom stereocenters. The van der Waals surface area contributed by atoms with Crippen LogP contribution in [0.2, 0.25) is 5.02 Å². The number of nitrogens with one attached hydrogen (secondary N) is 1. The van der Waals surface area contributed by atoms with Crippen molar-refractivity contribution in [1.29, 1.82) is 0 Å². The molecule has 4 atom stereocenters. The second-order valence-corrected chi connectivity index (χ2v) is 7.92. The van der Waals surface area contributed by atoms with Gasteiger partial charge in [-0.2, -0.15) is 0 Å². The zero-order valence-electron chi connectivity index (χ0n) is 12.0. The molecule has 2 bridgehead atoms. The van der Waals surface area contributed by atoms with Crippen LogP contribution in [-0.4, -0.2) is 13.1 Å². The molecule has 1 nitrogen and oxygen atoms in total. The Hall–Kier alpha value is -0.0500. The second-order valence-electron chi connectivity index (χ2n) is 6.60. The Kier molecular flexibility index (Phi) is 4.74. The fourth-order valence-electron chi connectivity index (χ4n) is 4.29. The van der Waals surface area contributed by atoms with Crippen molar-refractivity contribution >= 4 is 27.5 Å². The Bertz CT molecular complexity index is 476. The third kappa shape index (κ3) is 3.23. The van der Waals surface area contributed by atoms with Crippen LogP contribution in [0.15, 0.2) is 22.7 Å². The highest BCUT2D eigenvalue weighted by molar-refractivity contribution is 9.10. The van der Waals surface area contributed by atoms with Gasteiger partial charge in [-0.05, 0) is 74.6 Å². The van der Waals surface area contributed by atoms with E-state index in [1.165, 1.54) is 37.7 Å². The third-order valence-electron chi connectivity index (χ3n) is 5.36. The highest BCUT2D eigenvalue weighted by Crippen LogP contribution is 2.50. The Balaban J connectivity index is 1.62. The predicted molar refractivity (Wildman–Crippen MR) is 89.3 cm³/mol. The summed E-state index contributed by atoms with van der Waals surface area (Å²) < 4.78 is 1.06. The van der Waals surface area contributed by atoms with E-state index in [0.29, 0.717) is 6.04 Å². The monoisotopic (exact) mass is 355 g/mol. The standard InChI is InChI=1S/C17H23BrClN/c1-20-16(8-13-4-5-15(18)10-17(13)19)9-14-7-11-2-3-12(14)6-11/h4-5,10-12,14,16,20H,2-3,6-9H2,1H3. The lowest BCUT2D eigenvalue weighted by Crippen LogP contribution is -2.31. The lowest BCUT2D eigenvalue weighted by atomic mass is 9.83. The zero-order chi connectivity index (χ0) is 14.1. The van der Waals surface area contributed by atoms with E-state index < -0.39 is 0 Å². The van der Waals surface area contributed by atoms with Crippen LogP contribution >= 0.6 is 27.5 Å². The van der Waals surface area contributed by atoms with Gasteiger partial charge in [0.1, 0.15) is 0 Å². The third-order valence-corrected chi connectivity index (χ3v) is 6.21. The molecule has 110 valence electrons. The number of halogens is 2. The van der Waals surface area contributed by atoms with Gasteiger partial charge in [-0.1, -0.05) is 40.0 Å². The SMILES string of the molecule is CNC(Cc1ccc(Br)cc1Cl)CC1CC2CCC1C2. The summed E-state index contributed by atoms with van der Waals surface area (Å²) in [6.07, 6.45) is 8.28. The summed E-state index contributed by atoms with van der Waals surface area (Å²) in [6, 6.07) is 6.79. The topological polar surface area (TPSA) is 12.0 Å². The average molecular weight is 357 g/mol. The lowest BCUT2D eigenvalue weighted by molar-refractivity contribution is 0.281. The van der Waals surface area contributed by atoms with Gasteiger partial charge < -0.3 is 5.32 Å². The lowest BCUT2D eigenvalue weighted by Gasteiger charge is -2.27. The smallest absolute Gasteiger partial charge is 0.0449 e. The summed E-state index contributed by atoms with van der Waals surface area (Å²) in [5, 5.41) is 4.39. The van der Waals surface area contributed by atoms with E-state index in [4.69, 9.17) is 11.6 Å². The van der Waals surface area contributed by atoms with Gasteiger partial charge in [0, 0.05) is 15.5 Å². The van der Waals surface area contributed by atoms with E-state index in [0.717, 1.165) is 33.7 Å². The Morgan fingerprint density at radius 2 is 2.20 bits per heavy atom. The van der Waals surface area contributed by atoms with E-state index in [2.05, 4.69) is 40.4 Å². The van der Waals surface area contributed by atoms with Crippen LogP contribution in [0.25, 0.3) is 0 Å². The first-order chi connectivity index (χ1) is 9.65. The van der Waals surface area contributed by atoms with Gasteiger partial charge in [-0.3, -0.25) is 0 Å². The quantitative estimate of drug-likeness (QED) is 0.777. The second kappa shape index (κ2) is 6.37. The van der Waals surface area contributed by atoms with E-state index >= 15 is 0 Å². The van der Waals surface area contributed by atoms with E-state index in [1.807, 2.05) is 6.07 Å². The van der Waals surface area contributed by atoms with Crippen molar-refractivity contribution in [2.45, 2.75) is 44.6 Å². The predicted octanol–water partition coefficient (Wildman–Crippen LogP) is 5.06. The molecule has 0 radical (unpaired) electrons. The highest BCUT2D eigenvalue weighted by Gasteiger charge is 2.39. The molecular weight excluding hydrogens is 334 g/mol. The molecule has 0 aromatic heterocycles. The molecule has 2 aliphatic carbocycles. The number of hydrogen-bond donors (Lipinski definition) is 1. The van der Waals surface area contributed by atoms with Crippen molar-refractivity contribution in [3.63, 3.8) is 0 Å². The molecule has 0 aliphatic heterocycles. The van der Waals surface area contributed by atoms with E-state index in [-0.39, 0.29) is 0 Å². The number of benzene rings is 1. The van der Waals surface area contributed by atoms with Crippen LogP contribution in [-0.2, 0) is 6.42 Å². The van der Waals surface area contributed by atoms with Crippen LogP contribution in [0.3, 0.4) is 0 Å². The molecule has 0 spiro atoms. The first-order valence-corrected chi connectivity index (χ1v) is 8.94. The van der Waals surface area contributed by atoms with Crippen LogP contribution in [0, 0.1) is 17.8 Å². The molecule has 0 amide bonds. The summed E-state index contributed by atoms with van der Waals surface area (Å²) in [6.45, 7) is 0. The molecule has 3 rings (SSSR count). The molecule has 20 heavy (non-hydrogen) atoms. The van der Waals surface area contributed by atoms with Crippen LogP contribution in [0.1, 0.15) is 37.7 Å². The average Bonchev–Trinajstić information content (AvgIpc) is 3.03. The number of likely N-dealkylation sites (N-methyl/N-ethyl adjacent to an activating group) is 1. The van der Waals surface area contributed by atoms with Crippen LogP contribution < -0.4 is 5.32 Å². The number of fused-ring (bicyclic) bond motifs is 2. The summed E-state index contributed by atoms with van der Waals surface area (Å²) >= 11 is 9.82. The van der Waals surface area contributed by atoms with Gasteiger partial charge in [0.05, 0.1) is 0 Å². The molecule has 1 aromatic carbocycles. The van der Waals surface area contributed by atoms with E-state index in [9.17, 15) is 0 Å². The largest absolute Gasteiger partial charge is 0.317 e. The minimum atomic E-state index is 0.554. The van der Waals surface area contributed by atoms with Gasteiger partial charge >= 0.3 is 0 Å². The Labute approximate surface area is 135 Å². The highest BCUT2D eigenvalue weighted by atomic mass is 79.9. The summed E-state index contributed by atoms with van der Waals surface area (Å²) in [5.41, 5.74) is 1.26. The first-order valence-electron chi connectivity index (χ1n) is 7.77. The van der Waals surface area contributed by atoms with Gasteiger partial charge in [0.2, 0.25) is 0 Å². The van der Waals surface area contributed by atoms with Crippen molar-refractivity contribution in [2.24, 2.45) is 17.8 Å². The van der Waals surface area contributed by atoms with Crippen molar-refractivity contribution in [1.82, 2.24) is 5.32 Å². The van der Waals surface area contributed by atoms with Crippen molar-refractivity contribution in [3.05, 3.63) is 33.3 Å². The molecule has 1 N–H and O–H groups in total. The number of rotatable bonds is 5. The van der Waals surface area contributed by atoms with Gasteiger partial charge in [0.15, 0.2) is 0 Å². The Morgan fingerprint density at radius 1 is 1.35 bits per heavy atom. The maximum atomic E-state index is 6.35. The maximum Gasteiger partial charge on any atom is 0.0449 e. The van der Waals surface area contributed by atoms with Crippen molar-refractivity contribution in [3.8, 4) is 0 Å². The number of hydrogen-bond acceptors (Lipinski definition) is 1. The molecule has 3 heteroatoms. The van der Waals surface area contributed by atoms with Crippen LogP contribution in [0.4, 0.5) is 0 Å². The molecule has 0 heterocycles. The molecular formula is C17H23BrClN. The van der Waals surface area contributed by atoms with Gasteiger partial charge in [-0.25, -0.2) is 0 Å². The molecule has 1 aromatic rings. The summed E-state index contributed by atoms with van der Waals surface area (Å²) in [5.74, 6) is 3.00. The molecule has 2 aliphatic rings. The summed E-state index contributed by atoms with van der Waals surface area (Å²) in [7, 11) is 2.09. The van der Waals surface area contributed by atoms with Gasteiger partial charge in [0.25, 0.3) is 0 Å². The maximum absolute atomic E-state index is 6.35. The molecule has 2 fully saturated rings. The fraction of sp³-hybridized carbons (Fsp3) is 0.647. The first kappa shape index (κ1) is 14.9. The van der Waals surface area contributed by atoms with Crippen molar-refractivity contribution in [2.75, 3.05) is 7.05 Å². The van der Waals surface area contributed by atoms with Gasteiger partial charge in [-0.15, -0.1) is 0 Å². The minimum absolute atomic E-state index is 0.554. The van der Waals surface area contributed by atoms with E-state index in [1.54, 1.807) is 0 Å². The molecule has 2 saturated carbocycles. The zero-order valence-corrected chi connectivity index (χ0v) is 14.4. The molecule has 0 saturated heterocycles. The minimum Gasteiger partial charge on any atom is -0.317 e. The normalized spacial score (nSPS) is 29.9. The Morgan fingerprint density at radius 3 is 2.80 bits per heavy atom.